The zero-order valence-electron chi connectivity index (χ0n) is 14.9. The van der Waals surface area contributed by atoms with Gasteiger partial charge in [-0.3, -0.25) is 4.79 Å². The van der Waals surface area contributed by atoms with Crippen molar-refractivity contribution in [3.8, 4) is 17.1 Å². The van der Waals surface area contributed by atoms with E-state index in [0.29, 0.717) is 27.1 Å². The van der Waals surface area contributed by atoms with E-state index in [4.69, 9.17) is 20.8 Å². The van der Waals surface area contributed by atoms with Crippen molar-refractivity contribution in [1.29, 1.82) is 0 Å². The summed E-state index contributed by atoms with van der Waals surface area (Å²) in [4.78, 5) is 25.7. The highest BCUT2D eigenvalue weighted by molar-refractivity contribution is 6.33. The van der Waals surface area contributed by atoms with Crippen molar-refractivity contribution in [3.05, 3.63) is 99.2 Å². The van der Waals surface area contributed by atoms with Gasteiger partial charge >= 0.3 is 5.97 Å². The number of aryl methyl sites for hydroxylation is 1. The lowest BCUT2D eigenvalue weighted by Crippen LogP contribution is -2.16. The number of halogens is 1. The first kappa shape index (κ1) is 18.0. The zero-order valence-corrected chi connectivity index (χ0v) is 15.7. The standard InChI is InChI=1S/C23H15ClO4/c1-14-11-12-17-19(13-14)27-21(16-9-5-6-10-18(16)24)22(20(17)25)28-23(26)15-7-3-2-4-8-15/h2-13H,1H3. The Labute approximate surface area is 166 Å². The Bertz CT molecular complexity index is 1240. The fourth-order valence-corrected chi connectivity index (χ4v) is 3.15. The van der Waals surface area contributed by atoms with E-state index < -0.39 is 11.4 Å². The molecule has 1 heterocycles. The molecular weight excluding hydrogens is 376 g/mol. The lowest BCUT2D eigenvalue weighted by Gasteiger charge is -2.12. The summed E-state index contributed by atoms with van der Waals surface area (Å²) < 4.78 is 11.5. The van der Waals surface area contributed by atoms with E-state index in [1.165, 1.54) is 0 Å². The first-order valence-corrected chi connectivity index (χ1v) is 9.02. The summed E-state index contributed by atoms with van der Waals surface area (Å²) in [7, 11) is 0. The van der Waals surface area contributed by atoms with Gasteiger partial charge in [-0.15, -0.1) is 0 Å². The number of esters is 1. The van der Waals surface area contributed by atoms with Gasteiger partial charge in [0.25, 0.3) is 0 Å². The quantitative estimate of drug-likeness (QED) is 0.425. The molecule has 5 heteroatoms. The number of hydrogen-bond acceptors (Lipinski definition) is 4. The minimum atomic E-state index is -0.646. The minimum absolute atomic E-state index is 0.123. The van der Waals surface area contributed by atoms with Crippen LogP contribution in [0.2, 0.25) is 5.02 Å². The molecule has 0 aliphatic carbocycles. The average molecular weight is 391 g/mol. The van der Waals surface area contributed by atoms with Crippen LogP contribution < -0.4 is 10.2 Å². The van der Waals surface area contributed by atoms with Crippen molar-refractivity contribution < 1.29 is 13.9 Å². The molecule has 4 nitrogen and oxygen atoms in total. The summed E-state index contributed by atoms with van der Waals surface area (Å²) in [5.74, 6) is -0.705. The molecule has 0 bridgehead atoms. The minimum Gasteiger partial charge on any atom is -0.452 e. The summed E-state index contributed by atoms with van der Waals surface area (Å²) in [6.07, 6.45) is 0. The molecule has 0 aliphatic heterocycles. The molecule has 0 fully saturated rings. The first-order chi connectivity index (χ1) is 13.5. The Morgan fingerprint density at radius 1 is 0.964 bits per heavy atom. The molecule has 0 aliphatic rings. The Balaban J connectivity index is 1.95. The molecule has 0 saturated heterocycles. The summed E-state index contributed by atoms with van der Waals surface area (Å²) in [5.41, 5.74) is 1.71. The molecule has 0 radical (unpaired) electrons. The molecule has 3 aromatic carbocycles. The van der Waals surface area contributed by atoms with E-state index in [-0.39, 0.29) is 11.5 Å². The monoisotopic (exact) mass is 390 g/mol. The van der Waals surface area contributed by atoms with E-state index in [1.54, 1.807) is 72.8 Å². The third kappa shape index (κ3) is 3.30. The average Bonchev–Trinajstić information content (AvgIpc) is 2.71. The number of benzene rings is 3. The van der Waals surface area contributed by atoms with Crippen LogP contribution in [0.5, 0.6) is 5.75 Å². The SMILES string of the molecule is Cc1ccc2c(=O)c(OC(=O)c3ccccc3)c(-c3ccccc3Cl)oc2c1. The van der Waals surface area contributed by atoms with Crippen molar-refractivity contribution >= 4 is 28.5 Å². The van der Waals surface area contributed by atoms with Crippen LogP contribution in [0.15, 0.2) is 82.0 Å². The van der Waals surface area contributed by atoms with E-state index >= 15 is 0 Å². The lowest BCUT2D eigenvalue weighted by molar-refractivity contribution is 0.0731. The lowest BCUT2D eigenvalue weighted by atomic mass is 10.1. The van der Waals surface area contributed by atoms with E-state index in [0.717, 1.165) is 5.56 Å². The zero-order chi connectivity index (χ0) is 19.7. The Morgan fingerprint density at radius 2 is 1.68 bits per heavy atom. The van der Waals surface area contributed by atoms with Crippen molar-refractivity contribution in [1.82, 2.24) is 0 Å². The Kier molecular flexibility index (Phi) is 4.72. The fraction of sp³-hybridized carbons (Fsp3) is 0.0435. The highest BCUT2D eigenvalue weighted by Crippen LogP contribution is 2.35. The number of ether oxygens (including phenoxy) is 1. The molecule has 138 valence electrons. The van der Waals surface area contributed by atoms with Crippen LogP contribution in [0, 0.1) is 6.92 Å². The van der Waals surface area contributed by atoms with E-state index in [1.807, 2.05) is 6.92 Å². The number of carbonyl (C=O) groups excluding carboxylic acids is 1. The molecule has 0 amide bonds. The maximum atomic E-state index is 13.1. The first-order valence-electron chi connectivity index (χ1n) is 8.64. The molecule has 0 saturated carbocycles. The van der Waals surface area contributed by atoms with Gasteiger partial charge < -0.3 is 9.15 Å². The van der Waals surface area contributed by atoms with Crippen molar-refractivity contribution in [2.45, 2.75) is 6.92 Å². The van der Waals surface area contributed by atoms with Gasteiger partial charge in [-0.2, -0.15) is 0 Å². The molecule has 4 aromatic rings. The summed E-state index contributed by atoms with van der Waals surface area (Å²) >= 11 is 6.32. The summed E-state index contributed by atoms with van der Waals surface area (Å²) in [6, 6.07) is 20.6. The topological polar surface area (TPSA) is 56.5 Å². The van der Waals surface area contributed by atoms with Gasteiger partial charge in [0, 0.05) is 5.56 Å². The number of hydrogen-bond donors (Lipinski definition) is 0. The number of rotatable bonds is 3. The maximum Gasteiger partial charge on any atom is 0.343 e. The molecule has 0 unspecified atom stereocenters. The molecular formula is C23H15ClO4. The Hall–Kier alpha value is -3.37. The van der Waals surface area contributed by atoms with Crippen LogP contribution in [0.1, 0.15) is 15.9 Å². The number of fused-ring (bicyclic) bond motifs is 1. The van der Waals surface area contributed by atoms with Crippen LogP contribution in [0.3, 0.4) is 0 Å². The molecule has 28 heavy (non-hydrogen) atoms. The number of carbonyl (C=O) groups is 1. The molecule has 4 rings (SSSR count). The third-order valence-corrected chi connectivity index (χ3v) is 4.66. The van der Waals surface area contributed by atoms with Crippen molar-refractivity contribution in [2.75, 3.05) is 0 Å². The Morgan fingerprint density at radius 3 is 2.43 bits per heavy atom. The van der Waals surface area contributed by atoms with Gasteiger partial charge in [0.05, 0.1) is 16.0 Å². The largest absolute Gasteiger partial charge is 0.452 e. The van der Waals surface area contributed by atoms with Crippen LogP contribution in [-0.2, 0) is 0 Å². The van der Waals surface area contributed by atoms with Crippen molar-refractivity contribution in [2.24, 2.45) is 0 Å². The van der Waals surface area contributed by atoms with E-state index in [9.17, 15) is 9.59 Å². The molecule has 0 atom stereocenters. The highest BCUT2D eigenvalue weighted by Gasteiger charge is 2.22. The maximum absolute atomic E-state index is 13.1. The summed E-state index contributed by atoms with van der Waals surface area (Å²) in [6.45, 7) is 1.90. The van der Waals surface area contributed by atoms with Crippen LogP contribution >= 0.6 is 11.6 Å². The predicted molar refractivity (Wildman–Crippen MR) is 109 cm³/mol. The normalized spacial score (nSPS) is 10.8. The second kappa shape index (κ2) is 7.33. The second-order valence-corrected chi connectivity index (χ2v) is 6.73. The predicted octanol–water partition coefficient (Wildman–Crippen LogP) is 5.64. The molecule has 0 spiro atoms. The fourth-order valence-electron chi connectivity index (χ4n) is 2.92. The van der Waals surface area contributed by atoms with Crippen molar-refractivity contribution in [3.63, 3.8) is 0 Å². The van der Waals surface area contributed by atoms with Crippen LogP contribution in [-0.4, -0.2) is 5.97 Å². The van der Waals surface area contributed by atoms with Gasteiger partial charge in [0.1, 0.15) is 5.58 Å². The van der Waals surface area contributed by atoms with E-state index in [2.05, 4.69) is 0 Å². The second-order valence-electron chi connectivity index (χ2n) is 6.32. The smallest absolute Gasteiger partial charge is 0.343 e. The summed E-state index contributed by atoms with van der Waals surface area (Å²) in [5, 5.41) is 0.715. The van der Waals surface area contributed by atoms with Crippen LogP contribution in [0.25, 0.3) is 22.3 Å². The van der Waals surface area contributed by atoms with Crippen LogP contribution in [0.4, 0.5) is 0 Å². The van der Waals surface area contributed by atoms with Gasteiger partial charge in [-0.1, -0.05) is 48.0 Å². The van der Waals surface area contributed by atoms with Gasteiger partial charge in [0.2, 0.25) is 11.2 Å². The highest BCUT2D eigenvalue weighted by atomic mass is 35.5. The van der Waals surface area contributed by atoms with Gasteiger partial charge in [-0.05, 0) is 48.9 Å². The molecule has 1 aromatic heterocycles. The van der Waals surface area contributed by atoms with Gasteiger partial charge in [-0.25, -0.2) is 4.79 Å². The molecule has 0 N–H and O–H groups in total. The third-order valence-electron chi connectivity index (χ3n) is 4.33. The van der Waals surface area contributed by atoms with Gasteiger partial charge in [0.15, 0.2) is 5.76 Å².